The van der Waals surface area contributed by atoms with Gasteiger partial charge in [0, 0.05) is 29.9 Å². The van der Waals surface area contributed by atoms with Crippen LogP contribution in [0.4, 0.5) is 0 Å². The number of rotatable bonds is 5. The topological polar surface area (TPSA) is 68.0 Å². The second-order valence-electron chi connectivity index (χ2n) is 9.73. The Balaban J connectivity index is 1.67. The zero-order chi connectivity index (χ0) is 24.0. The molecule has 6 heteroatoms. The molecule has 0 aliphatic heterocycles. The fourth-order valence-electron chi connectivity index (χ4n) is 4.65. The lowest BCUT2D eigenvalue weighted by molar-refractivity contribution is 0.414. The number of para-hydroxylation sites is 1. The third kappa shape index (κ3) is 3.55. The summed E-state index contributed by atoms with van der Waals surface area (Å²) in [6, 6.07) is 20.6. The molecule has 0 radical (unpaired) electrons. The number of fused-ring (bicyclic) bond motifs is 1. The summed E-state index contributed by atoms with van der Waals surface area (Å²) in [5.74, 6) is 0.925. The molecule has 0 fully saturated rings. The highest BCUT2D eigenvalue weighted by Gasteiger charge is 2.30. The molecule has 34 heavy (non-hydrogen) atoms. The number of aromatic nitrogens is 4. The van der Waals surface area contributed by atoms with E-state index in [1.165, 1.54) is 5.69 Å². The number of aryl methyl sites for hydroxylation is 1. The minimum Gasteiger partial charge on any atom is -0.496 e. The molecule has 0 aliphatic carbocycles. The SMILES string of the molecule is COc1ccccc1-c1c2c(C(C)(C)C)n[nH]c2c(O)n1Cc1ccc(-c2cccn2C)cc1. The first-order valence-electron chi connectivity index (χ1n) is 11.4. The molecule has 0 saturated carbocycles. The van der Waals surface area contributed by atoms with Crippen molar-refractivity contribution in [2.75, 3.05) is 7.11 Å². The first-order chi connectivity index (χ1) is 16.3. The van der Waals surface area contributed by atoms with Gasteiger partial charge in [-0.15, -0.1) is 0 Å². The van der Waals surface area contributed by atoms with Crippen molar-refractivity contribution in [2.45, 2.75) is 32.7 Å². The number of ether oxygens (including phenoxy) is 1. The standard InChI is InChI=1S/C28H30N4O2/c1-28(2,3)26-23-24(29-30-26)27(33)32(25(23)20-9-6-7-11-22(20)34-5)17-18-12-14-19(15-13-18)21-10-8-16-31(21)4/h6-16,29,33H,17H2,1-5H3. The average molecular weight is 455 g/mol. The van der Waals surface area contributed by atoms with Crippen LogP contribution in [-0.4, -0.2) is 31.5 Å². The van der Waals surface area contributed by atoms with Crippen molar-refractivity contribution in [1.82, 2.24) is 19.3 Å². The van der Waals surface area contributed by atoms with E-state index in [0.29, 0.717) is 12.1 Å². The van der Waals surface area contributed by atoms with Gasteiger partial charge in [-0.2, -0.15) is 5.10 Å². The van der Waals surface area contributed by atoms with Gasteiger partial charge in [0.05, 0.1) is 30.4 Å². The molecular weight excluding hydrogens is 424 g/mol. The van der Waals surface area contributed by atoms with Crippen LogP contribution >= 0.6 is 0 Å². The smallest absolute Gasteiger partial charge is 0.218 e. The number of benzene rings is 2. The van der Waals surface area contributed by atoms with Crippen molar-refractivity contribution in [2.24, 2.45) is 7.05 Å². The van der Waals surface area contributed by atoms with Gasteiger partial charge in [-0.05, 0) is 35.4 Å². The zero-order valence-corrected chi connectivity index (χ0v) is 20.3. The average Bonchev–Trinajstić information content (AvgIpc) is 3.51. The van der Waals surface area contributed by atoms with Gasteiger partial charge < -0.3 is 19.0 Å². The van der Waals surface area contributed by atoms with E-state index in [2.05, 4.69) is 65.9 Å². The van der Waals surface area contributed by atoms with Gasteiger partial charge in [0.1, 0.15) is 11.3 Å². The van der Waals surface area contributed by atoms with E-state index in [0.717, 1.165) is 39.2 Å². The molecule has 5 rings (SSSR count). The number of nitrogens with zero attached hydrogens (tertiary/aromatic N) is 3. The van der Waals surface area contributed by atoms with Crippen LogP contribution in [0.3, 0.4) is 0 Å². The highest BCUT2D eigenvalue weighted by Crippen LogP contribution is 2.44. The monoisotopic (exact) mass is 454 g/mol. The van der Waals surface area contributed by atoms with Crippen LogP contribution < -0.4 is 4.74 Å². The summed E-state index contributed by atoms with van der Waals surface area (Å²) in [5, 5.41) is 19.9. The number of aromatic hydroxyl groups is 1. The highest BCUT2D eigenvalue weighted by atomic mass is 16.5. The summed E-state index contributed by atoms with van der Waals surface area (Å²) in [6.07, 6.45) is 2.05. The normalized spacial score (nSPS) is 11.9. The summed E-state index contributed by atoms with van der Waals surface area (Å²) in [6.45, 7) is 6.90. The van der Waals surface area contributed by atoms with Gasteiger partial charge in [-0.3, -0.25) is 5.10 Å². The maximum absolute atomic E-state index is 11.3. The first-order valence-corrected chi connectivity index (χ1v) is 11.4. The Labute approximate surface area is 199 Å². The van der Waals surface area contributed by atoms with Gasteiger partial charge in [-0.25, -0.2) is 0 Å². The molecule has 6 nitrogen and oxygen atoms in total. The van der Waals surface area contributed by atoms with E-state index >= 15 is 0 Å². The molecule has 0 spiro atoms. The minimum atomic E-state index is -0.204. The maximum atomic E-state index is 11.3. The molecule has 5 aromatic rings. The molecule has 0 unspecified atom stereocenters. The summed E-state index contributed by atoms with van der Waals surface area (Å²) < 4.78 is 9.76. The van der Waals surface area contributed by atoms with Crippen molar-refractivity contribution in [3.05, 3.63) is 78.1 Å². The summed E-state index contributed by atoms with van der Waals surface area (Å²) >= 11 is 0. The molecule has 0 bridgehead atoms. The van der Waals surface area contributed by atoms with Gasteiger partial charge in [0.2, 0.25) is 5.88 Å². The molecule has 174 valence electrons. The van der Waals surface area contributed by atoms with E-state index in [1.807, 2.05) is 48.1 Å². The Hall–Kier alpha value is -3.93. The lowest BCUT2D eigenvalue weighted by Gasteiger charge is -2.18. The molecule has 2 N–H and O–H groups in total. The van der Waals surface area contributed by atoms with Crippen LogP contribution in [0.1, 0.15) is 32.0 Å². The number of hydrogen-bond donors (Lipinski definition) is 2. The van der Waals surface area contributed by atoms with Gasteiger partial charge in [0.25, 0.3) is 0 Å². The van der Waals surface area contributed by atoms with Crippen molar-refractivity contribution in [1.29, 1.82) is 0 Å². The second kappa shape index (κ2) is 8.13. The Morgan fingerprint density at radius 1 is 1.00 bits per heavy atom. The van der Waals surface area contributed by atoms with Crippen LogP contribution in [0.5, 0.6) is 11.6 Å². The Bertz CT molecular complexity index is 1460. The molecule has 3 aromatic heterocycles. The zero-order valence-electron chi connectivity index (χ0n) is 20.3. The fourth-order valence-corrected chi connectivity index (χ4v) is 4.65. The number of nitrogens with one attached hydrogen (secondary N) is 1. The van der Waals surface area contributed by atoms with Crippen LogP contribution in [0.2, 0.25) is 0 Å². The van der Waals surface area contributed by atoms with Crippen molar-refractivity contribution >= 4 is 10.9 Å². The quantitative estimate of drug-likeness (QED) is 0.337. The van der Waals surface area contributed by atoms with E-state index in [1.54, 1.807) is 7.11 Å². The molecule has 0 aliphatic rings. The lowest BCUT2D eigenvalue weighted by Crippen LogP contribution is -2.13. The van der Waals surface area contributed by atoms with Crippen LogP contribution in [0.25, 0.3) is 33.4 Å². The minimum absolute atomic E-state index is 0.172. The number of hydrogen-bond acceptors (Lipinski definition) is 3. The summed E-state index contributed by atoms with van der Waals surface area (Å²) in [5.41, 5.74) is 6.58. The fraction of sp³-hybridized carbons (Fsp3) is 0.250. The number of aromatic amines is 1. The molecule has 0 saturated heterocycles. The first kappa shape index (κ1) is 21.9. The Morgan fingerprint density at radius 3 is 2.38 bits per heavy atom. The Kier molecular flexibility index (Phi) is 5.24. The predicted octanol–water partition coefficient (Wildman–Crippen LogP) is 6.10. The maximum Gasteiger partial charge on any atom is 0.218 e. The highest BCUT2D eigenvalue weighted by molar-refractivity contribution is 6.01. The van der Waals surface area contributed by atoms with Crippen molar-refractivity contribution < 1.29 is 9.84 Å². The molecule has 0 amide bonds. The van der Waals surface area contributed by atoms with Crippen LogP contribution in [-0.2, 0) is 19.0 Å². The summed E-state index contributed by atoms with van der Waals surface area (Å²) in [4.78, 5) is 0. The van der Waals surface area contributed by atoms with Gasteiger partial charge >= 0.3 is 0 Å². The van der Waals surface area contributed by atoms with E-state index in [4.69, 9.17) is 4.74 Å². The third-order valence-electron chi connectivity index (χ3n) is 6.36. The van der Waals surface area contributed by atoms with Crippen molar-refractivity contribution in [3.63, 3.8) is 0 Å². The van der Waals surface area contributed by atoms with Gasteiger partial charge in [0.15, 0.2) is 0 Å². The third-order valence-corrected chi connectivity index (χ3v) is 6.36. The van der Waals surface area contributed by atoms with Gasteiger partial charge in [-0.1, -0.05) is 57.2 Å². The molecule has 2 aromatic carbocycles. The van der Waals surface area contributed by atoms with Crippen LogP contribution in [0.15, 0.2) is 66.9 Å². The van der Waals surface area contributed by atoms with E-state index < -0.39 is 0 Å². The predicted molar refractivity (Wildman–Crippen MR) is 136 cm³/mol. The van der Waals surface area contributed by atoms with Crippen molar-refractivity contribution in [3.8, 4) is 34.1 Å². The van der Waals surface area contributed by atoms with E-state index in [-0.39, 0.29) is 11.3 Å². The number of H-pyrrole nitrogens is 1. The van der Waals surface area contributed by atoms with E-state index in [9.17, 15) is 5.11 Å². The summed E-state index contributed by atoms with van der Waals surface area (Å²) in [7, 11) is 3.72. The molecular formula is C28H30N4O2. The second-order valence-corrected chi connectivity index (χ2v) is 9.73. The lowest BCUT2D eigenvalue weighted by atomic mass is 9.89. The Morgan fingerprint density at radius 2 is 1.74 bits per heavy atom. The molecule has 0 atom stereocenters. The van der Waals surface area contributed by atoms with Crippen LogP contribution in [0, 0.1) is 0 Å². The largest absolute Gasteiger partial charge is 0.496 e. The number of methoxy groups -OCH3 is 1. The molecule has 3 heterocycles.